The first-order valence-electron chi connectivity index (χ1n) is 7.14. The van der Waals surface area contributed by atoms with Gasteiger partial charge in [-0.15, -0.1) is 11.3 Å². The van der Waals surface area contributed by atoms with Crippen molar-refractivity contribution in [1.82, 2.24) is 9.55 Å². The van der Waals surface area contributed by atoms with E-state index in [1.807, 2.05) is 5.38 Å². The Hall–Kier alpha value is -1.77. The second-order valence-corrected chi connectivity index (χ2v) is 6.87. The highest BCUT2D eigenvalue weighted by atomic mass is 32.2. The summed E-state index contributed by atoms with van der Waals surface area (Å²) in [6.07, 6.45) is 0. The van der Waals surface area contributed by atoms with E-state index >= 15 is 0 Å². The molecule has 0 saturated carbocycles. The van der Waals surface area contributed by atoms with Crippen LogP contribution in [-0.2, 0) is 17.0 Å². The molecule has 126 valence electrons. The van der Waals surface area contributed by atoms with Crippen LogP contribution in [0.3, 0.4) is 0 Å². The average molecular weight is 368 g/mol. The summed E-state index contributed by atoms with van der Waals surface area (Å²) in [5, 5.41) is 2.36. The summed E-state index contributed by atoms with van der Waals surface area (Å²) in [4.78, 5) is 17.1. The summed E-state index contributed by atoms with van der Waals surface area (Å²) in [7, 11) is 1.57. The van der Waals surface area contributed by atoms with Crippen LogP contribution in [-0.4, -0.2) is 23.3 Å². The predicted octanol–water partition coefficient (Wildman–Crippen LogP) is 3.67. The molecule has 3 rings (SSSR count). The van der Waals surface area contributed by atoms with Crippen molar-refractivity contribution in [1.29, 1.82) is 0 Å². The number of ether oxygens (including phenoxy) is 1. The molecule has 8 heteroatoms. The summed E-state index contributed by atoms with van der Waals surface area (Å²) in [6.45, 7) is 0.771. The molecule has 1 aromatic carbocycles. The fourth-order valence-electron chi connectivity index (χ4n) is 2.19. The Morgan fingerprint density at radius 1 is 1.29 bits per heavy atom. The lowest BCUT2D eigenvalue weighted by Gasteiger charge is -2.11. The number of rotatable bonds is 6. The van der Waals surface area contributed by atoms with Crippen LogP contribution in [0.1, 0.15) is 5.56 Å². The Morgan fingerprint density at radius 2 is 2.12 bits per heavy atom. The van der Waals surface area contributed by atoms with Crippen LogP contribution in [0.4, 0.5) is 8.78 Å². The quantitative estimate of drug-likeness (QED) is 0.492. The third-order valence-electron chi connectivity index (χ3n) is 3.40. The van der Waals surface area contributed by atoms with E-state index < -0.39 is 11.6 Å². The molecule has 4 nitrogen and oxygen atoms in total. The van der Waals surface area contributed by atoms with E-state index in [-0.39, 0.29) is 5.56 Å². The number of methoxy groups -OCH3 is 1. The van der Waals surface area contributed by atoms with Crippen molar-refractivity contribution in [3.8, 4) is 0 Å². The molecule has 2 aromatic heterocycles. The second-order valence-electron chi connectivity index (χ2n) is 5.02. The van der Waals surface area contributed by atoms with Crippen molar-refractivity contribution in [3.05, 3.63) is 57.2 Å². The maximum absolute atomic E-state index is 13.3. The molecule has 0 aliphatic heterocycles. The van der Waals surface area contributed by atoms with E-state index in [0.29, 0.717) is 39.8 Å². The molecule has 0 fully saturated rings. The fraction of sp³-hybridized carbons (Fsp3) is 0.250. The number of hydrogen-bond acceptors (Lipinski definition) is 5. The van der Waals surface area contributed by atoms with Crippen molar-refractivity contribution in [2.45, 2.75) is 17.5 Å². The molecule has 0 spiro atoms. The number of nitrogens with zero attached hydrogens (tertiary/aromatic N) is 2. The molecule has 2 heterocycles. The normalized spacial score (nSPS) is 11.3. The van der Waals surface area contributed by atoms with E-state index in [9.17, 15) is 13.6 Å². The van der Waals surface area contributed by atoms with Gasteiger partial charge in [0.25, 0.3) is 5.56 Å². The summed E-state index contributed by atoms with van der Waals surface area (Å²) in [5.74, 6) is -1.38. The second kappa shape index (κ2) is 7.42. The van der Waals surface area contributed by atoms with Gasteiger partial charge in [0.05, 0.1) is 18.7 Å². The zero-order valence-corrected chi connectivity index (χ0v) is 14.4. The van der Waals surface area contributed by atoms with E-state index in [1.54, 1.807) is 17.7 Å². The highest BCUT2D eigenvalue weighted by Crippen LogP contribution is 2.24. The summed E-state index contributed by atoms with van der Waals surface area (Å²) in [5.41, 5.74) is 1.16. The first-order valence-corrected chi connectivity index (χ1v) is 9.00. The van der Waals surface area contributed by atoms with Crippen molar-refractivity contribution in [2.75, 3.05) is 13.7 Å². The number of hydrogen-bond donors (Lipinski definition) is 0. The minimum Gasteiger partial charge on any atom is -0.383 e. The largest absolute Gasteiger partial charge is 0.383 e. The van der Waals surface area contributed by atoms with Gasteiger partial charge in [-0.05, 0) is 29.1 Å². The van der Waals surface area contributed by atoms with Crippen molar-refractivity contribution in [3.63, 3.8) is 0 Å². The van der Waals surface area contributed by atoms with Crippen molar-refractivity contribution < 1.29 is 13.5 Å². The Bertz CT molecular complexity index is 924. The van der Waals surface area contributed by atoms with Crippen LogP contribution < -0.4 is 5.56 Å². The van der Waals surface area contributed by atoms with Gasteiger partial charge in [0.2, 0.25) is 0 Å². The van der Waals surface area contributed by atoms with Gasteiger partial charge in [-0.2, -0.15) is 0 Å². The Kier molecular flexibility index (Phi) is 5.27. The molecular formula is C16H14F2N2O2S2. The molecule has 0 aliphatic carbocycles. The predicted molar refractivity (Wildman–Crippen MR) is 91.7 cm³/mol. The van der Waals surface area contributed by atoms with Crippen molar-refractivity contribution >= 4 is 33.3 Å². The van der Waals surface area contributed by atoms with Gasteiger partial charge in [0.1, 0.15) is 4.70 Å². The molecule has 0 N–H and O–H groups in total. The van der Waals surface area contributed by atoms with E-state index in [1.165, 1.54) is 29.2 Å². The lowest BCUT2D eigenvalue weighted by Crippen LogP contribution is -2.24. The standard InChI is InChI=1S/C16H14F2N2O2S2/c1-22-6-5-20-15(21)14-13(4-7-23-14)19-16(20)24-9-10-2-3-11(17)12(18)8-10/h2-4,7-8H,5-6,9H2,1H3. The van der Waals surface area contributed by atoms with Gasteiger partial charge in [0.15, 0.2) is 16.8 Å². The van der Waals surface area contributed by atoms with E-state index in [4.69, 9.17) is 4.74 Å². The molecular weight excluding hydrogens is 354 g/mol. The minimum absolute atomic E-state index is 0.111. The molecule has 0 aliphatic rings. The number of aromatic nitrogens is 2. The number of halogens is 2. The van der Waals surface area contributed by atoms with Crippen LogP contribution >= 0.6 is 23.1 Å². The topological polar surface area (TPSA) is 44.1 Å². The van der Waals surface area contributed by atoms with Crippen LogP contribution in [0, 0.1) is 11.6 Å². The maximum Gasteiger partial charge on any atom is 0.272 e. The van der Waals surface area contributed by atoms with Crippen molar-refractivity contribution in [2.24, 2.45) is 0 Å². The molecule has 0 radical (unpaired) electrons. The van der Waals surface area contributed by atoms with Crippen LogP contribution in [0.2, 0.25) is 0 Å². The fourth-order valence-corrected chi connectivity index (χ4v) is 3.94. The third kappa shape index (κ3) is 3.50. The summed E-state index contributed by atoms with van der Waals surface area (Å²) >= 11 is 2.66. The third-order valence-corrected chi connectivity index (χ3v) is 5.34. The number of thiophene rings is 1. The molecule has 0 amide bonds. The maximum atomic E-state index is 13.3. The zero-order valence-electron chi connectivity index (χ0n) is 12.8. The van der Waals surface area contributed by atoms with Gasteiger partial charge in [-0.25, -0.2) is 13.8 Å². The van der Waals surface area contributed by atoms with Crippen LogP contribution in [0.5, 0.6) is 0 Å². The monoisotopic (exact) mass is 368 g/mol. The van der Waals surface area contributed by atoms with Crippen LogP contribution in [0.15, 0.2) is 39.6 Å². The highest BCUT2D eigenvalue weighted by molar-refractivity contribution is 7.98. The summed E-state index contributed by atoms with van der Waals surface area (Å²) in [6, 6.07) is 5.57. The van der Waals surface area contributed by atoms with Gasteiger partial charge in [0, 0.05) is 12.9 Å². The molecule has 0 saturated heterocycles. The lowest BCUT2D eigenvalue weighted by atomic mass is 10.2. The van der Waals surface area contributed by atoms with Gasteiger partial charge in [-0.3, -0.25) is 9.36 Å². The number of benzene rings is 1. The number of fused-ring (bicyclic) bond motifs is 1. The van der Waals surface area contributed by atoms with Gasteiger partial charge in [-0.1, -0.05) is 17.8 Å². The minimum atomic E-state index is -0.883. The van der Waals surface area contributed by atoms with Gasteiger partial charge >= 0.3 is 0 Å². The molecule has 24 heavy (non-hydrogen) atoms. The molecule has 0 atom stereocenters. The van der Waals surface area contributed by atoms with Crippen LogP contribution in [0.25, 0.3) is 10.2 Å². The molecule has 3 aromatic rings. The lowest BCUT2D eigenvalue weighted by molar-refractivity contribution is 0.183. The first-order chi connectivity index (χ1) is 11.6. The Labute approximate surface area is 145 Å². The smallest absolute Gasteiger partial charge is 0.272 e. The molecule has 0 unspecified atom stereocenters. The Morgan fingerprint density at radius 3 is 2.88 bits per heavy atom. The van der Waals surface area contributed by atoms with E-state index in [0.717, 1.165) is 12.1 Å². The SMILES string of the molecule is COCCn1c(SCc2ccc(F)c(F)c2)nc2ccsc2c1=O. The first kappa shape index (κ1) is 17.1. The number of thioether (sulfide) groups is 1. The Balaban J connectivity index is 1.91. The zero-order chi connectivity index (χ0) is 17.1. The highest BCUT2D eigenvalue weighted by Gasteiger charge is 2.13. The summed E-state index contributed by atoms with van der Waals surface area (Å²) < 4.78 is 33.5. The molecule has 0 bridgehead atoms. The average Bonchev–Trinajstić information content (AvgIpc) is 3.04. The van der Waals surface area contributed by atoms with E-state index in [2.05, 4.69) is 4.98 Å². The van der Waals surface area contributed by atoms with Gasteiger partial charge < -0.3 is 4.74 Å².